The molecular weight excluding hydrogens is 242 g/mol. The van der Waals surface area contributed by atoms with Crippen molar-refractivity contribution in [3.05, 3.63) is 0 Å². The van der Waals surface area contributed by atoms with E-state index < -0.39 is 11.4 Å². The van der Waals surface area contributed by atoms with Crippen molar-refractivity contribution in [3.63, 3.8) is 0 Å². The number of quaternary nitrogens is 1. The van der Waals surface area contributed by atoms with Gasteiger partial charge >= 0.3 is 5.97 Å². The lowest BCUT2D eigenvalue weighted by molar-refractivity contribution is -0.867. The predicted octanol–water partition coefficient (Wildman–Crippen LogP) is 2.57. The Bertz CT molecular complexity index is 225. The van der Waals surface area contributed by atoms with Gasteiger partial charge < -0.3 is 9.59 Å². The molecule has 5 heteroatoms. The molecule has 0 atom stereocenters. The molecule has 0 spiro atoms. The normalized spacial score (nSPS) is 12.8. The number of hydrogen-bond donors (Lipinski definition) is 1. The molecule has 0 aliphatic rings. The lowest BCUT2D eigenvalue weighted by atomic mass is 9.91. The van der Waals surface area contributed by atoms with Crippen LogP contribution in [0.15, 0.2) is 0 Å². The van der Waals surface area contributed by atoms with Crippen LogP contribution in [0.2, 0.25) is 0 Å². The van der Waals surface area contributed by atoms with Gasteiger partial charge in [-0.05, 0) is 20.3 Å². The first-order valence-corrected chi connectivity index (χ1v) is 7.92. The van der Waals surface area contributed by atoms with E-state index in [9.17, 15) is 4.79 Å². The van der Waals surface area contributed by atoms with E-state index in [-0.39, 0.29) is 0 Å². The summed E-state index contributed by atoms with van der Waals surface area (Å²) in [4.78, 5) is 10.9. The molecule has 0 radical (unpaired) electrons. The van der Waals surface area contributed by atoms with Gasteiger partial charge in [0.2, 0.25) is 0 Å². The molecule has 0 unspecified atom stereocenters. The standard InChI is InChI=1S/C11H23NO2S2/c1-11(2,10(13)14)6-8-15-16-9-7-12(3,4)5/h6-9H2,1-5H3/p+1. The van der Waals surface area contributed by atoms with Crippen LogP contribution in [0.5, 0.6) is 0 Å². The Balaban J connectivity index is 3.52. The van der Waals surface area contributed by atoms with Gasteiger partial charge in [-0.15, -0.1) is 0 Å². The highest BCUT2D eigenvalue weighted by atomic mass is 33.1. The van der Waals surface area contributed by atoms with Crippen LogP contribution >= 0.6 is 21.6 Å². The van der Waals surface area contributed by atoms with Gasteiger partial charge in [0.15, 0.2) is 0 Å². The van der Waals surface area contributed by atoms with Crippen molar-refractivity contribution >= 4 is 27.6 Å². The van der Waals surface area contributed by atoms with Crippen molar-refractivity contribution in [1.82, 2.24) is 0 Å². The van der Waals surface area contributed by atoms with Crippen molar-refractivity contribution < 1.29 is 14.4 Å². The fourth-order valence-electron chi connectivity index (χ4n) is 0.833. The van der Waals surface area contributed by atoms with Crippen LogP contribution in [-0.2, 0) is 4.79 Å². The summed E-state index contributed by atoms with van der Waals surface area (Å²) in [5, 5.41) is 8.93. The largest absolute Gasteiger partial charge is 0.481 e. The summed E-state index contributed by atoms with van der Waals surface area (Å²) in [5.41, 5.74) is -0.590. The third-order valence-corrected chi connectivity index (χ3v) is 4.70. The van der Waals surface area contributed by atoms with Gasteiger partial charge in [-0.3, -0.25) is 4.79 Å². The van der Waals surface area contributed by atoms with E-state index >= 15 is 0 Å². The second kappa shape index (κ2) is 6.77. The molecule has 0 saturated carbocycles. The summed E-state index contributed by atoms with van der Waals surface area (Å²) < 4.78 is 0.980. The minimum atomic E-state index is -0.704. The third-order valence-electron chi connectivity index (χ3n) is 2.32. The molecule has 0 aromatic heterocycles. The number of nitrogens with zero attached hydrogens (tertiary/aromatic N) is 1. The molecule has 0 bridgehead atoms. The Hall–Kier alpha value is 0.130. The van der Waals surface area contributed by atoms with Crippen molar-refractivity contribution in [3.8, 4) is 0 Å². The van der Waals surface area contributed by atoms with Crippen molar-refractivity contribution in [2.75, 3.05) is 39.2 Å². The van der Waals surface area contributed by atoms with Crippen molar-refractivity contribution in [1.29, 1.82) is 0 Å². The Morgan fingerprint density at radius 2 is 1.69 bits per heavy atom. The fraction of sp³-hybridized carbons (Fsp3) is 0.909. The highest BCUT2D eigenvalue weighted by Crippen LogP contribution is 2.28. The molecule has 0 aromatic rings. The molecule has 0 aromatic carbocycles. The third kappa shape index (κ3) is 8.30. The molecule has 0 amide bonds. The van der Waals surface area contributed by atoms with Crippen LogP contribution in [0.4, 0.5) is 0 Å². The van der Waals surface area contributed by atoms with E-state index in [1.165, 1.54) is 0 Å². The van der Waals surface area contributed by atoms with Gasteiger partial charge in [-0.25, -0.2) is 0 Å². The quantitative estimate of drug-likeness (QED) is 0.416. The molecule has 0 rings (SSSR count). The maximum absolute atomic E-state index is 10.9. The first-order valence-electron chi connectivity index (χ1n) is 5.43. The summed E-state index contributed by atoms with van der Waals surface area (Å²) >= 11 is 0. The van der Waals surface area contributed by atoms with Gasteiger partial charge in [0.1, 0.15) is 0 Å². The lowest BCUT2D eigenvalue weighted by Crippen LogP contribution is -2.36. The van der Waals surface area contributed by atoms with Crippen LogP contribution < -0.4 is 0 Å². The van der Waals surface area contributed by atoms with Gasteiger partial charge in [0, 0.05) is 5.75 Å². The summed E-state index contributed by atoms with van der Waals surface area (Å²) in [6, 6.07) is 0. The number of rotatable bonds is 8. The SMILES string of the molecule is CC(C)(CCSSCC[N+](C)(C)C)C(=O)O. The average Bonchev–Trinajstić information content (AvgIpc) is 2.09. The zero-order chi connectivity index (χ0) is 12.8. The molecule has 0 heterocycles. The molecule has 0 aliphatic heterocycles. The number of carbonyl (C=O) groups is 1. The summed E-state index contributed by atoms with van der Waals surface area (Å²) in [6.07, 6.45) is 0.727. The highest BCUT2D eigenvalue weighted by Gasteiger charge is 2.26. The number of aliphatic carboxylic acids is 1. The van der Waals surface area contributed by atoms with E-state index in [4.69, 9.17) is 5.11 Å². The van der Waals surface area contributed by atoms with Gasteiger partial charge in [-0.2, -0.15) is 0 Å². The van der Waals surface area contributed by atoms with Crippen LogP contribution in [0.3, 0.4) is 0 Å². The summed E-state index contributed by atoms with van der Waals surface area (Å²) in [6.45, 7) is 4.71. The van der Waals surface area contributed by atoms with Crippen LogP contribution in [-0.4, -0.2) is 54.8 Å². The Morgan fingerprint density at radius 1 is 1.19 bits per heavy atom. The van der Waals surface area contributed by atoms with E-state index in [0.29, 0.717) is 0 Å². The summed E-state index contributed by atoms with van der Waals surface area (Å²) in [5.74, 6) is 1.31. The van der Waals surface area contributed by atoms with Crippen LogP contribution in [0, 0.1) is 5.41 Å². The molecule has 1 N–H and O–H groups in total. The molecule has 0 aliphatic carbocycles. The molecular formula is C11H24NO2S2+. The number of carboxylic acids is 1. The maximum atomic E-state index is 10.9. The second-order valence-electron chi connectivity index (χ2n) is 5.60. The predicted molar refractivity (Wildman–Crippen MR) is 73.8 cm³/mol. The van der Waals surface area contributed by atoms with Gasteiger partial charge in [0.05, 0.1) is 38.9 Å². The average molecular weight is 266 g/mol. The Morgan fingerprint density at radius 3 is 2.12 bits per heavy atom. The first-order chi connectivity index (χ1) is 7.15. The highest BCUT2D eigenvalue weighted by molar-refractivity contribution is 8.76. The zero-order valence-electron chi connectivity index (χ0n) is 10.9. The smallest absolute Gasteiger partial charge is 0.309 e. The fourth-order valence-corrected chi connectivity index (χ4v) is 3.47. The topological polar surface area (TPSA) is 37.3 Å². The number of hydrogen-bond acceptors (Lipinski definition) is 3. The minimum absolute atomic E-state index is 0.590. The van der Waals surface area contributed by atoms with Crippen LogP contribution in [0.1, 0.15) is 20.3 Å². The van der Waals surface area contributed by atoms with Gasteiger partial charge in [-0.1, -0.05) is 21.6 Å². The molecule has 96 valence electrons. The molecule has 3 nitrogen and oxygen atoms in total. The molecule has 0 saturated heterocycles. The van der Waals surface area contributed by atoms with Crippen LogP contribution in [0.25, 0.3) is 0 Å². The second-order valence-corrected chi connectivity index (χ2v) is 8.30. The van der Waals surface area contributed by atoms with Crippen molar-refractivity contribution in [2.45, 2.75) is 20.3 Å². The van der Waals surface area contributed by atoms with E-state index in [1.54, 1.807) is 24.6 Å². The maximum Gasteiger partial charge on any atom is 0.309 e. The minimum Gasteiger partial charge on any atom is -0.481 e. The Kier molecular flexibility index (Phi) is 6.82. The van der Waals surface area contributed by atoms with E-state index in [0.717, 1.165) is 29.0 Å². The van der Waals surface area contributed by atoms with Gasteiger partial charge in [0.25, 0.3) is 0 Å². The lowest BCUT2D eigenvalue weighted by Gasteiger charge is -2.23. The number of carboxylic acid groups (broad SMARTS) is 1. The Labute approximate surface area is 107 Å². The van der Waals surface area contributed by atoms with E-state index in [2.05, 4.69) is 21.1 Å². The van der Waals surface area contributed by atoms with Crippen molar-refractivity contribution in [2.24, 2.45) is 5.41 Å². The molecule has 16 heavy (non-hydrogen) atoms. The molecule has 0 fully saturated rings. The zero-order valence-corrected chi connectivity index (χ0v) is 12.6. The van der Waals surface area contributed by atoms with E-state index in [1.807, 2.05) is 10.8 Å². The first kappa shape index (κ1) is 16.1. The monoisotopic (exact) mass is 266 g/mol. The summed E-state index contributed by atoms with van der Waals surface area (Å²) in [7, 11) is 10.2.